The van der Waals surface area contributed by atoms with Gasteiger partial charge in [-0.15, -0.1) is 0 Å². The highest BCUT2D eigenvalue weighted by Crippen LogP contribution is 2.19. The van der Waals surface area contributed by atoms with Crippen LogP contribution in [-0.4, -0.2) is 0 Å². The van der Waals surface area contributed by atoms with Crippen molar-refractivity contribution >= 4 is 28.1 Å². The highest BCUT2D eigenvalue weighted by atomic mass is 35.5. The van der Waals surface area contributed by atoms with E-state index in [0.29, 0.717) is 0 Å². The molecule has 0 N–H and O–H groups in total. The molecule has 88 valence electrons. The van der Waals surface area contributed by atoms with E-state index in [4.69, 9.17) is 11.6 Å². The van der Waals surface area contributed by atoms with E-state index in [1.165, 1.54) is 5.39 Å². The molecule has 0 atom stereocenters. The Morgan fingerprint density at radius 2 is 1.56 bits per heavy atom. The maximum absolute atomic E-state index is 5.84. The number of fused-ring (bicyclic) bond motifs is 1. The Labute approximate surface area is 110 Å². The van der Waals surface area contributed by atoms with Crippen LogP contribution in [-0.2, 0) is 0 Å². The zero-order valence-electron chi connectivity index (χ0n) is 9.62. The molecule has 3 aromatic rings. The van der Waals surface area contributed by atoms with Crippen LogP contribution in [0.2, 0.25) is 5.02 Å². The molecule has 1 aromatic heterocycles. The number of nitrogens with zero attached hydrogens (tertiary/aromatic N) is 2. The Morgan fingerprint density at radius 3 is 2.33 bits per heavy atom. The second-order valence-corrected chi connectivity index (χ2v) is 4.47. The second kappa shape index (κ2) is 4.67. The van der Waals surface area contributed by atoms with Crippen LogP contribution in [0.4, 0.5) is 5.69 Å². The lowest BCUT2D eigenvalue weighted by molar-refractivity contribution is -0.617. The van der Waals surface area contributed by atoms with Gasteiger partial charge in [-0.1, -0.05) is 47.6 Å². The Morgan fingerprint density at radius 1 is 0.833 bits per heavy atom. The molecule has 0 aliphatic rings. The van der Waals surface area contributed by atoms with Crippen molar-refractivity contribution in [3.8, 4) is 0 Å². The third-order valence-electron chi connectivity index (χ3n) is 2.73. The second-order valence-electron chi connectivity index (χ2n) is 4.03. The maximum atomic E-state index is 5.84. The fourth-order valence-electron chi connectivity index (χ4n) is 1.83. The number of rotatable bonds is 2. The maximum Gasteiger partial charge on any atom is 0.172 e. The van der Waals surface area contributed by atoms with Gasteiger partial charge in [-0.25, -0.2) is 4.68 Å². The summed E-state index contributed by atoms with van der Waals surface area (Å²) in [7, 11) is 0. The van der Waals surface area contributed by atoms with Gasteiger partial charge < -0.3 is 5.43 Å². The number of hydrogen-bond donors (Lipinski definition) is 0. The average Bonchev–Trinajstić information content (AvgIpc) is 2.41. The molecule has 0 aliphatic carbocycles. The summed E-state index contributed by atoms with van der Waals surface area (Å²) in [4.78, 5) is 0. The molecule has 0 radical (unpaired) electrons. The topological polar surface area (TPSA) is 18.0 Å². The van der Waals surface area contributed by atoms with Crippen molar-refractivity contribution in [1.29, 1.82) is 0 Å². The summed E-state index contributed by atoms with van der Waals surface area (Å²) in [5.41, 5.74) is 5.37. The summed E-state index contributed by atoms with van der Waals surface area (Å²) in [6.07, 6.45) is 3.95. The quantitative estimate of drug-likeness (QED) is 0.609. The molecule has 0 fully saturated rings. The molecule has 0 saturated carbocycles. The van der Waals surface area contributed by atoms with Crippen LogP contribution < -0.4 is 4.68 Å². The van der Waals surface area contributed by atoms with Crippen molar-refractivity contribution < 1.29 is 4.68 Å². The fourth-order valence-corrected chi connectivity index (χ4v) is 1.95. The van der Waals surface area contributed by atoms with Crippen LogP contribution in [0.5, 0.6) is 0 Å². The molecule has 2 nitrogen and oxygen atoms in total. The Balaban J connectivity index is 1.92. The Kier molecular flexibility index (Phi) is 2.87. The zero-order valence-corrected chi connectivity index (χ0v) is 10.4. The molecule has 2 aromatic carbocycles. The summed E-state index contributed by atoms with van der Waals surface area (Å²) in [6.45, 7) is 0. The molecule has 3 heteroatoms. The van der Waals surface area contributed by atoms with Gasteiger partial charge in [-0.3, -0.25) is 0 Å². The first-order chi connectivity index (χ1) is 8.81. The lowest BCUT2D eigenvalue weighted by Gasteiger charge is -2.14. The van der Waals surface area contributed by atoms with Crippen LogP contribution in [0, 0.1) is 0 Å². The SMILES string of the molecule is Clc1ccc([N-][n+]2ccc3ccccc3c2)cc1. The monoisotopic (exact) mass is 254 g/mol. The molecule has 0 unspecified atom stereocenters. The molecule has 0 bridgehead atoms. The standard InChI is InChI=1S/C15H11ClN2/c16-14-5-7-15(8-6-14)17-18-10-9-12-3-1-2-4-13(12)11-18/h1-11H. The first-order valence-electron chi connectivity index (χ1n) is 5.69. The van der Waals surface area contributed by atoms with Gasteiger partial charge in [0.1, 0.15) is 0 Å². The lowest BCUT2D eigenvalue weighted by atomic mass is 10.2. The third-order valence-corrected chi connectivity index (χ3v) is 2.98. The van der Waals surface area contributed by atoms with E-state index in [9.17, 15) is 0 Å². The van der Waals surface area contributed by atoms with Gasteiger partial charge in [0.25, 0.3) is 0 Å². The van der Waals surface area contributed by atoms with Crippen LogP contribution in [0.15, 0.2) is 67.0 Å². The van der Waals surface area contributed by atoms with Gasteiger partial charge in [0.05, 0.1) is 0 Å². The highest BCUT2D eigenvalue weighted by Gasteiger charge is 1.96. The smallest absolute Gasteiger partial charge is 0.172 e. The minimum absolute atomic E-state index is 0.720. The molecular weight excluding hydrogens is 244 g/mol. The minimum Gasteiger partial charge on any atom is -0.405 e. The molecule has 3 rings (SSSR count). The van der Waals surface area contributed by atoms with Crippen LogP contribution in [0.25, 0.3) is 16.2 Å². The van der Waals surface area contributed by atoms with Crippen LogP contribution in [0.1, 0.15) is 0 Å². The molecular formula is C15H11ClN2. The fraction of sp³-hybridized carbons (Fsp3) is 0. The molecule has 0 spiro atoms. The predicted molar refractivity (Wildman–Crippen MR) is 74.0 cm³/mol. The van der Waals surface area contributed by atoms with Crippen LogP contribution >= 0.6 is 11.6 Å². The van der Waals surface area contributed by atoms with E-state index in [-0.39, 0.29) is 0 Å². The molecule has 1 heterocycles. The number of pyridine rings is 1. The first kappa shape index (κ1) is 11.1. The average molecular weight is 255 g/mol. The first-order valence-corrected chi connectivity index (χ1v) is 6.07. The van der Waals surface area contributed by atoms with E-state index >= 15 is 0 Å². The molecule has 18 heavy (non-hydrogen) atoms. The highest BCUT2D eigenvalue weighted by molar-refractivity contribution is 6.30. The number of halogens is 1. The summed E-state index contributed by atoms with van der Waals surface area (Å²) in [5.74, 6) is 0. The Hall–Kier alpha value is -2.06. The largest absolute Gasteiger partial charge is 0.405 e. The van der Waals surface area contributed by atoms with Gasteiger partial charge in [-0.2, -0.15) is 0 Å². The van der Waals surface area contributed by atoms with Gasteiger partial charge in [0.15, 0.2) is 12.4 Å². The lowest BCUT2D eigenvalue weighted by Crippen LogP contribution is -2.26. The van der Waals surface area contributed by atoms with E-state index in [1.54, 1.807) is 0 Å². The predicted octanol–water partition coefficient (Wildman–Crippen LogP) is 4.25. The number of hydrogen-bond acceptors (Lipinski definition) is 0. The van der Waals surface area contributed by atoms with Gasteiger partial charge >= 0.3 is 0 Å². The Bertz CT molecular complexity index is 677. The molecule has 0 amide bonds. The van der Waals surface area contributed by atoms with E-state index in [0.717, 1.165) is 16.1 Å². The van der Waals surface area contributed by atoms with Crippen molar-refractivity contribution in [3.05, 3.63) is 77.4 Å². The van der Waals surface area contributed by atoms with E-state index in [1.807, 2.05) is 53.5 Å². The van der Waals surface area contributed by atoms with Gasteiger partial charge in [0.2, 0.25) is 0 Å². The summed E-state index contributed by atoms with van der Waals surface area (Å²) in [5, 5.41) is 3.09. The minimum atomic E-state index is 0.720. The van der Waals surface area contributed by atoms with Gasteiger partial charge in [-0.05, 0) is 23.6 Å². The molecule has 0 aliphatic heterocycles. The third kappa shape index (κ3) is 2.29. The van der Waals surface area contributed by atoms with Crippen molar-refractivity contribution in [3.63, 3.8) is 0 Å². The van der Waals surface area contributed by atoms with Crippen LogP contribution in [0.3, 0.4) is 0 Å². The van der Waals surface area contributed by atoms with Crippen molar-refractivity contribution in [1.82, 2.24) is 0 Å². The van der Waals surface area contributed by atoms with E-state index in [2.05, 4.69) is 23.6 Å². The van der Waals surface area contributed by atoms with Crippen molar-refractivity contribution in [2.24, 2.45) is 0 Å². The van der Waals surface area contributed by atoms with E-state index < -0.39 is 0 Å². The van der Waals surface area contributed by atoms with Crippen molar-refractivity contribution in [2.45, 2.75) is 0 Å². The summed E-state index contributed by atoms with van der Waals surface area (Å²) in [6, 6.07) is 17.7. The normalized spacial score (nSPS) is 10.5. The molecule has 0 saturated heterocycles. The number of aromatic nitrogens is 1. The summed E-state index contributed by atoms with van der Waals surface area (Å²) < 4.78 is 1.81. The zero-order chi connectivity index (χ0) is 12.4. The number of benzene rings is 2. The summed E-state index contributed by atoms with van der Waals surface area (Å²) >= 11 is 5.84. The van der Waals surface area contributed by atoms with Crippen molar-refractivity contribution in [2.75, 3.05) is 0 Å². The van der Waals surface area contributed by atoms with Gasteiger partial charge in [0, 0.05) is 16.5 Å².